The monoisotopic (exact) mass is 321 g/mol. The van der Waals surface area contributed by atoms with Crippen molar-refractivity contribution in [3.63, 3.8) is 0 Å². The molecule has 0 saturated heterocycles. The summed E-state index contributed by atoms with van der Waals surface area (Å²) in [5, 5.41) is 18.1. The fourth-order valence-corrected chi connectivity index (χ4v) is 2.98. The number of aliphatic imine (C=N–C) groups is 1. The molecule has 2 heterocycles. The second-order valence-electron chi connectivity index (χ2n) is 4.58. The highest BCUT2D eigenvalue weighted by atomic mass is 32.1. The molecule has 2 aromatic heterocycles. The summed E-state index contributed by atoms with van der Waals surface area (Å²) in [6.45, 7) is 0.262. The first kappa shape index (κ1) is 14.8. The molecule has 0 bridgehead atoms. The van der Waals surface area contributed by atoms with Gasteiger partial charge in [-0.1, -0.05) is 6.07 Å². The van der Waals surface area contributed by atoms with Crippen LogP contribution in [0.3, 0.4) is 0 Å². The predicted molar refractivity (Wildman–Crippen MR) is 85.2 cm³/mol. The average molecular weight is 321 g/mol. The molecule has 3 rings (SSSR count). The van der Waals surface area contributed by atoms with E-state index in [1.165, 1.54) is 23.6 Å². The van der Waals surface area contributed by atoms with Gasteiger partial charge in [0.1, 0.15) is 17.1 Å². The van der Waals surface area contributed by atoms with Gasteiger partial charge in [0.2, 0.25) is 11.7 Å². The van der Waals surface area contributed by atoms with Crippen molar-refractivity contribution in [3.8, 4) is 22.7 Å². The molecular formula is C16H8FN5S. The van der Waals surface area contributed by atoms with Crippen molar-refractivity contribution in [2.75, 3.05) is 0 Å². The number of nitriles is 2. The van der Waals surface area contributed by atoms with Crippen molar-refractivity contribution in [1.29, 1.82) is 10.5 Å². The third-order valence-corrected chi connectivity index (χ3v) is 4.13. The Hall–Kier alpha value is -3.16. The van der Waals surface area contributed by atoms with Crippen molar-refractivity contribution in [2.45, 2.75) is 6.54 Å². The molecule has 1 aromatic carbocycles. The number of benzene rings is 1. The molecule has 110 valence electrons. The fourth-order valence-electron chi connectivity index (χ4n) is 1.96. The first-order valence-corrected chi connectivity index (χ1v) is 7.37. The normalized spacial score (nSPS) is 10.0. The van der Waals surface area contributed by atoms with Crippen molar-refractivity contribution in [2.24, 2.45) is 4.99 Å². The van der Waals surface area contributed by atoms with Crippen LogP contribution in [-0.2, 0) is 6.54 Å². The maximum Gasteiger partial charge on any atom is 0.213 e. The molecule has 0 fully saturated rings. The van der Waals surface area contributed by atoms with Crippen LogP contribution in [0.1, 0.15) is 5.56 Å². The van der Waals surface area contributed by atoms with Crippen LogP contribution in [0.4, 0.5) is 4.39 Å². The fraction of sp³-hybridized carbons (Fsp3) is 0.0625. The number of aromatic nitrogens is 2. The topological polar surface area (TPSA) is 85.7 Å². The minimum Gasteiger partial charge on any atom is -0.260 e. The molecule has 0 N–H and O–H groups in total. The summed E-state index contributed by atoms with van der Waals surface area (Å²) >= 11 is 1.46. The maximum absolute atomic E-state index is 12.9. The SMILES string of the molecule is N#CC(C#N)=NCc1ccc2nc(-c3ccc(F)nc3)sc2c1. The van der Waals surface area contributed by atoms with Gasteiger partial charge in [0.15, 0.2) is 0 Å². The Balaban J connectivity index is 1.92. The van der Waals surface area contributed by atoms with Crippen LogP contribution in [0.2, 0.25) is 0 Å². The lowest BCUT2D eigenvalue weighted by atomic mass is 10.2. The first-order valence-electron chi connectivity index (χ1n) is 6.55. The zero-order chi connectivity index (χ0) is 16.2. The molecule has 0 atom stereocenters. The van der Waals surface area contributed by atoms with Crippen LogP contribution >= 0.6 is 11.3 Å². The Morgan fingerprint density at radius 3 is 2.74 bits per heavy atom. The van der Waals surface area contributed by atoms with Crippen LogP contribution in [0, 0.1) is 28.6 Å². The maximum atomic E-state index is 12.9. The van der Waals surface area contributed by atoms with Crippen molar-refractivity contribution >= 4 is 27.3 Å². The average Bonchev–Trinajstić information content (AvgIpc) is 2.99. The summed E-state index contributed by atoms with van der Waals surface area (Å²) in [7, 11) is 0. The van der Waals surface area contributed by atoms with E-state index in [1.54, 1.807) is 18.2 Å². The van der Waals surface area contributed by atoms with Gasteiger partial charge in [0.05, 0.1) is 16.8 Å². The van der Waals surface area contributed by atoms with E-state index in [2.05, 4.69) is 15.0 Å². The van der Waals surface area contributed by atoms with Gasteiger partial charge >= 0.3 is 0 Å². The van der Waals surface area contributed by atoms with Crippen LogP contribution in [0.25, 0.3) is 20.8 Å². The van der Waals surface area contributed by atoms with Crippen molar-refractivity contribution in [1.82, 2.24) is 9.97 Å². The predicted octanol–water partition coefficient (Wildman–Crippen LogP) is 3.49. The summed E-state index contributed by atoms with van der Waals surface area (Å²) in [5.41, 5.74) is 2.31. The van der Waals surface area contributed by atoms with Gasteiger partial charge in [-0.05, 0) is 29.8 Å². The molecule has 5 nitrogen and oxygen atoms in total. The Morgan fingerprint density at radius 2 is 2.04 bits per heavy atom. The molecular weight excluding hydrogens is 313 g/mol. The summed E-state index contributed by atoms with van der Waals surface area (Å²) in [6.07, 6.45) is 1.45. The number of hydrogen-bond donors (Lipinski definition) is 0. The van der Waals surface area contributed by atoms with E-state index in [9.17, 15) is 4.39 Å². The Kier molecular flexibility index (Phi) is 4.05. The van der Waals surface area contributed by atoms with Gasteiger partial charge in [0, 0.05) is 11.8 Å². The lowest BCUT2D eigenvalue weighted by Gasteiger charge is -1.95. The number of nitrogens with zero attached hydrogens (tertiary/aromatic N) is 5. The largest absolute Gasteiger partial charge is 0.260 e. The van der Waals surface area contributed by atoms with Crippen LogP contribution in [-0.4, -0.2) is 15.7 Å². The van der Waals surface area contributed by atoms with Gasteiger partial charge in [0.25, 0.3) is 0 Å². The third kappa shape index (κ3) is 3.20. The van der Waals surface area contributed by atoms with Gasteiger partial charge in [-0.2, -0.15) is 14.9 Å². The molecule has 0 aliphatic rings. The second-order valence-corrected chi connectivity index (χ2v) is 5.61. The quantitative estimate of drug-likeness (QED) is 0.546. The molecule has 0 spiro atoms. The van der Waals surface area contributed by atoms with Crippen molar-refractivity contribution < 1.29 is 4.39 Å². The molecule has 0 radical (unpaired) electrons. The highest BCUT2D eigenvalue weighted by molar-refractivity contribution is 7.21. The standard InChI is InChI=1S/C16H8FN5S/c17-15-4-2-11(9-21-15)16-22-13-3-1-10(5-14(13)23-16)8-20-12(6-18)7-19/h1-5,9H,8H2. The Bertz CT molecular complexity index is 960. The van der Waals surface area contributed by atoms with E-state index in [1.807, 2.05) is 18.2 Å². The lowest BCUT2D eigenvalue weighted by molar-refractivity contribution is 0.584. The molecule has 23 heavy (non-hydrogen) atoms. The van der Waals surface area contributed by atoms with Crippen LogP contribution in [0.5, 0.6) is 0 Å². The van der Waals surface area contributed by atoms with Gasteiger partial charge in [-0.3, -0.25) is 4.99 Å². The number of hydrogen-bond acceptors (Lipinski definition) is 6. The van der Waals surface area contributed by atoms with E-state index < -0.39 is 5.95 Å². The van der Waals surface area contributed by atoms with Gasteiger partial charge in [-0.25, -0.2) is 9.97 Å². The van der Waals surface area contributed by atoms with E-state index in [4.69, 9.17) is 10.5 Å². The third-order valence-electron chi connectivity index (χ3n) is 3.06. The number of pyridine rings is 1. The molecule has 0 aliphatic heterocycles. The van der Waals surface area contributed by atoms with E-state index in [0.29, 0.717) is 0 Å². The molecule has 7 heteroatoms. The summed E-state index contributed by atoms with van der Waals surface area (Å²) in [5.74, 6) is -0.527. The molecule has 0 saturated carbocycles. The highest BCUT2D eigenvalue weighted by Crippen LogP contribution is 2.30. The number of halogens is 1. The van der Waals surface area contributed by atoms with E-state index in [0.717, 1.165) is 26.4 Å². The van der Waals surface area contributed by atoms with Crippen LogP contribution < -0.4 is 0 Å². The smallest absolute Gasteiger partial charge is 0.213 e. The minimum absolute atomic E-state index is 0.146. The Morgan fingerprint density at radius 1 is 1.22 bits per heavy atom. The zero-order valence-electron chi connectivity index (χ0n) is 11.7. The molecule has 0 aliphatic carbocycles. The van der Waals surface area contributed by atoms with Crippen molar-refractivity contribution in [3.05, 3.63) is 48.0 Å². The van der Waals surface area contributed by atoms with Gasteiger partial charge in [-0.15, -0.1) is 11.3 Å². The van der Waals surface area contributed by atoms with E-state index >= 15 is 0 Å². The lowest BCUT2D eigenvalue weighted by Crippen LogP contribution is -1.90. The summed E-state index contributed by atoms with van der Waals surface area (Å²) in [6, 6.07) is 12.0. The summed E-state index contributed by atoms with van der Waals surface area (Å²) in [4.78, 5) is 12.1. The number of fused-ring (bicyclic) bond motifs is 1. The van der Waals surface area contributed by atoms with Crippen LogP contribution in [0.15, 0.2) is 41.5 Å². The highest BCUT2D eigenvalue weighted by Gasteiger charge is 2.08. The number of thiazole rings is 1. The van der Waals surface area contributed by atoms with Gasteiger partial charge < -0.3 is 0 Å². The molecule has 3 aromatic rings. The molecule has 0 amide bonds. The summed E-state index contributed by atoms with van der Waals surface area (Å²) < 4.78 is 13.8. The molecule has 0 unspecified atom stereocenters. The minimum atomic E-state index is -0.527. The van der Waals surface area contributed by atoms with E-state index in [-0.39, 0.29) is 12.3 Å². The second kappa shape index (κ2) is 6.30. The Labute approximate surface area is 135 Å². The first-order chi connectivity index (χ1) is 11.2. The zero-order valence-corrected chi connectivity index (χ0v) is 12.5. The number of rotatable bonds is 3.